The molecule has 0 aliphatic rings. The van der Waals surface area contributed by atoms with Gasteiger partial charge in [0.1, 0.15) is 6.10 Å². The molecule has 0 aliphatic carbocycles. The van der Waals surface area contributed by atoms with Crippen molar-refractivity contribution in [3.8, 4) is 0 Å². The molecular formula is C17H26O3S. The van der Waals surface area contributed by atoms with Gasteiger partial charge < -0.3 is 10.2 Å². The molecule has 2 unspecified atom stereocenters. The fourth-order valence-electron chi connectivity index (χ4n) is 2.15. The van der Waals surface area contributed by atoms with Crippen LogP contribution in [0.15, 0.2) is 24.3 Å². The van der Waals surface area contributed by atoms with Crippen molar-refractivity contribution in [2.24, 2.45) is 0 Å². The Kier molecular flexibility index (Phi) is 8.66. The fraction of sp³-hybridized carbons (Fsp3) is 0.588. The predicted octanol–water partition coefficient (Wildman–Crippen LogP) is 3.48. The van der Waals surface area contributed by atoms with Gasteiger partial charge in [-0.15, -0.1) is 0 Å². The van der Waals surface area contributed by atoms with E-state index >= 15 is 0 Å². The van der Waals surface area contributed by atoms with Gasteiger partial charge in [-0.25, -0.2) is 0 Å². The van der Waals surface area contributed by atoms with Gasteiger partial charge in [0.25, 0.3) is 0 Å². The summed E-state index contributed by atoms with van der Waals surface area (Å²) in [4.78, 5) is 10.9. The van der Waals surface area contributed by atoms with E-state index in [1.165, 1.54) is 38.2 Å². The lowest BCUT2D eigenvalue weighted by Gasteiger charge is -2.17. The quantitative estimate of drug-likeness (QED) is 0.686. The highest BCUT2D eigenvalue weighted by Gasteiger charge is 2.18. The predicted molar refractivity (Wildman–Crippen MR) is 88.4 cm³/mol. The Labute approximate surface area is 131 Å². The Balaban J connectivity index is 2.46. The fourth-order valence-corrected chi connectivity index (χ4v) is 2.74. The first kappa shape index (κ1) is 18.2. The maximum absolute atomic E-state index is 10.9. The number of aryl methyl sites for hydroxylation is 1. The van der Waals surface area contributed by atoms with Gasteiger partial charge in [-0.1, -0.05) is 62.2 Å². The summed E-state index contributed by atoms with van der Waals surface area (Å²) >= 11 is 1.03. The number of rotatable bonds is 9. The van der Waals surface area contributed by atoms with E-state index in [-0.39, 0.29) is 10.9 Å². The average Bonchev–Trinajstić information content (AvgIpc) is 2.49. The molecule has 0 amide bonds. The Morgan fingerprint density at radius 3 is 2.38 bits per heavy atom. The van der Waals surface area contributed by atoms with Crippen molar-refractivity contribution in [2.75, 3.05) is 5.75 Å². The van der Waals surface area contributed by atoms with E-state index in [9.17, 15) is 15.0 Å². The average molecular weight is 310 g/mol. The van der Waals surface area contributed by atoms with Crippen LogP contribution >= 0.6 is 11.8 Å². The molecule has 0 saturated heterocycles. The number of benzene rings is 1. The number of unbranched alkanes of at least 4 members (excludes halogenated alkanes) is 3. The van der Waals surface area contributed by atoms with Crippen LogP contribution in [0.2, 0.25) is 0 Å². The molecule has 0 radical (unpaired) electrons. The third-order valence-electron chi connectivity index (χ3n) is 3.46. The van der Waals surface area contributed by atoms with E-state index < -0.39 is 12.2 Å². The van der Waals surface area contributed by atoms with Crippen LogP contribution in [0.25, 0.3) is 0 Å². The van der Waals surface area contributed by atoms with Crippen LogP contribution in [0.3, 0.4) is 0 Å². The molecule has 4 heteroatoms. The van der Waals surface area contributed by atoms with Crippen LogP contribution < -0.4 is 0 Å². The number of hydrogen-bond acceptors (Lipinski definition) is 4. The Morgan fingerprint density at radius 1 is 1.14 bits per heavy atom. The maximum Gasteiger partial charge on any atom is 0.185 e. The van der Waals surface area contributed by atoms with Gasteiger partial charge in [0.05, 0.1) is 6.10 Å². The summed E-state index contributed by atoms with van der Waals surface area (Å²) in [6.07, 6.45) is 4.15. The van der Waals surface area contributed by atoms with E-state index in [0.29, 0.717) is 5.56 Å². The van der Waals surface area contributed by atoms with Crippen molar-refractivity contribution in [3.05, 3.63) is 35.4 Å². The number of carbonyl (C=O) groups excluding carboxylic acids is 1. The first-order chi connectivity index (χ1) is 10.0. The Morgan fingerprint density at radius 2 is 1.81 bits per heavy atom. The van der Waals surface area contributed by atoms with Gasteiger partial charge in [-0.2, -0.15) is 0 Å². The molecule has 0 aromatic heterocycles. The molecule has 3 nitrogen and oxygen atoms in total. The lowest BCUT2D eigenvalue weighted by Crippen LogP contribution is -2.21. The zero-order chi connectivity index (χ0) is 15.7. The third-order valence-corrected chi connectivity index (χ3v) is 4.38. The number of thioether (sulfide) groups is 1. The minimum absolute atomic E-state index is 0.0522. The number of aliphatic hydroxyl groups excluding tert-OH is 2. The second-order valence-electron chi connectivity index (χ2n) is 5.37. The van der Waals surface area contributed by atoms with E-state index in [2.05, 4.69) is 6.92 Å². The van der Waals surface area contributed by atoms with Gasteiger partial charge in [-0.3, -0.25) is 4.79 Å². The molecule has 0 spiro atoms. The molecule has 2 N–H and O–H groups in total. The largest absolute Gasteiger partial charge is 0.389 e. The van der Waals surface area contributed by atoms with Gasteiger partial charge in [0.2, 0.25) is 0 Å². The summed E-state index contributed by atoms with van der Waals surface area (Å²) in [5, 5.41) is 19.9. The highest BCUT2D eigenvalue weighted by atomic mass is 32.2. The smallest absolute Gasteiger partial charge is 0.185 e. The van der Waals surface area contributed by atoms with Gasteiger partial charge in [0.15, 0.2) is 5.12 Å². The van der Waals surface area contributed by atoms with Crippen LogP contribution in [0.4, 0.5) is 0 Å². The molecule has 1 rings (SSSR count). The summed E-state index contributed by atoms with van der Waals surface area (Å²) in [7, 11) is 0. The lowest BCUT2D eigenvalue weighted by atomic mass is 10.0. The zero-order valence-corrected chi connectivity index (χ0v) is 13.7. The first-order valence-corrected chi connectivity index (χ1v) is 8.61. The summed E-state index contributed by atoms with van der Waals surface area (Å²) in [6.45, 7) is 3.66. The van der Waals surface area contributed by atoms with Crippen molar-refractivity contribution >= 4 is 16.9 Å². The first-order valence-electron chi connectivity index (χ1n) is 7.63. The van der Waals surface area contributed by atoms with E-state index in [1.54, 1.807) is 0 Å². The highest BCUT2D eigenvalue weighted by Crippen LogP contribution is 2.21. The van der Waals surface area contributed by atoms with Gasteiger partial charge >= 0.3 is 0 Å². The van der Waals surface area contributed by atoms with Gasteiger partial charge in [0, 0.05) is 12.7 Å². The normalized spacial score (nSPS) is 13.9. The molecule has 0 fully saturated rings. The maximum atomic E-state index is 10.9. The standard InChI is InChI=1S/C17H26O3S/c1-3-4-5-6-7-14-8-10-15(11-9-14)17(20)16(19)12-21-13(2)18/h8-11,16-17,19-20H,3-7,12H2,1-2H3. The van der Waals surface area contributed by atoms with Crippen molar-refractivity contribution in [1.82, 2.24) is 0 Å². The molecule has 0 heterocycles. The van der Waals surface area contributed by atoms with E-state index in [1.807, 2.05) is 24.3 Å². The van der Waals surface area contributed by atoms with Gasteiger partial charge in [-0.05, 0) is 24.0 Å². The molecule has 1 aromatic carbocycles. The second kappa shape index (κ2) is 9.98. The summed E-state index contributed by atoms with van der Waals surface area (Å²) in [5.41, 5.74) is 1.96. The van der Waals surface area contributed by atoms with Crippen molar-refractivity contribution in [2.45, 2.75) is 58.2 Å². The zero-order valence-electron chi connectivity index (χ0n) is 12.9. The van der Waals surface area contributed by atoms with Crippen LogP contribution in [-0.2, 0) is 11.2 Å². The number of hydrogen-bond donors (Lipinski definition) is 2. The molecule has 0 aliphatic heterocycles. The van der Waals surface area contributed by atoms with E-state index in [0.717, 1.165) is 18.2 Å². The highest BCUT2D eigenvalue weighted by molar-refractivity contribution is 8.13. The van der Waals surface area contributed by atoms with Crippen LogP contribution in [0, 0.1) is 0 Å². The molecule has 0 saturated carbocycles. The van der Waals surface area contributed by atoms with Crippen LogP contribution in [-0.4, -0.2) is 27.2 Å². The Hall–Kier alpha value is -0.840. The van der Waals surface area contributed by atoms with Crippen molar-refractivity contribution in [1.29, 1.82) is 0 Å². The molecule has 0 bridgehead atoms. The van der Waals surface area contributed by atoms with Crippen molar-refractivity contribution < 1.29 is 15.0 Å². The molecule has 118 valence electrons. The summed E-state index contributed by atoms with van der Waals surface area (Å²) < 4.78 is 0. The molecule has 21 heavy (non-hydrogen) atoms. The third kappa shape index (κ3) is 7.11. The minimum Gasteiger partial charge on any atom is -0.389 e. The second-order valence-corrected chi connectivity index (χ2v) is 6.56. The molecule has 2 atom stereocenters. The molecular weight excluding hydrogens is 284 g/mol. The number of aliphatic hydroxyl groups is 2. The Bertz CT molecular complexity index is 417. The van der Waals surface area contributed by atoms with Crippen LogP contribution in [0.5, 0.6) is 0 Å². The topological polar surface area (TPSA) is 57.5 Å². The van der Waals surface area contributed by atoms with Crippen molar-refractivity contribution in [3.63, 3.8) is 0 Å². The lowest BCUT2D eigenvalue weighted by molar-refractivity contribution is -0.109. The monoisotopic (exact) mass is 310 g/mol. The number of carbonyl (C=O) groups is 1. The SMILES string of the molecule is CCCCCCc1ccc(C(O)C(O)CSC(C)=O)cc1. The molecule has 1 aromatic rings. The summed E-state index contributed by atoms with van der Waals surface area (Å²) in [6, 6.07) is 7.74. The van der Waals surface area contributed by atoms with E-state index in [4.69, 9.17) is 0 Å². The minimum atomic E-state index is -0.939. The van der Waals surface area contributed by atoms with Crippen LogP contribution in [0.1, 0.15) is 56.8 Å². The summed E-state index contributed by atoms with van der Waals surface area (Å²) in [5.74, 6) is 0.218.